The number of carbonyl (C=O) groups is 1. The largest absolute Gasteiger partial charge is 0.476 e. The fourth-order valence-electron chi connectivity index (χ4n) is 1.03. The van der Waals surface area contributed by atoms with Gasteiger partial charge in [0.2, 0.25) is 0 Å². The van der Waals surface area contributed by atoms with Crippen molar-refractivity contribution in [1.29, 1.82) is 0 Å². The molecule has 0 saturated heterocycles. The number of carboxylic acid groups (broad SMARTS) is 1. The van der Waals surface area contributed by atoms with E-state index in [0.29, 0.717) is 0 Å². The zero-order valence-electron chi connectivity index (χ0n) is 7.18. The SMILES string of the molecule is O=C(O)c1ncc(CBr)c(C(F)F)c1Cl. The predicted octanol–water partition coefficient (Wildman–Crippen LogP) is 3.27. The molecule has 0 radical (unpaired) electrons. The highest BCUT2D eigenvalue weighted by atomic mass is 79.9. The van der Waals surface area contributed by atoms with Gasteiger partial charge in [0.1, 0.15) is 0 Å². The number of rotatable bonds is 3. The van der Waals surface area contributed by atoms with E-state index in [1.165, 1.54) is 0 Å². The molecule has 0 bridgehead atoms. The molecule has 0 aliphatic heterocycles. The number of aromatic carboxylic acids is 1. The summed E-state index contributed by atoms with van der Waals surface area (Å²) < 4.78 is 25.2. The zero-order valence-corrected chi connectivity index (χ0v) is 9.52. The molecule has 0 aromatic carbocycles. The molecule has 82 valence electrons. The van der Waals surface area contributed by atoms with Gasteiger partial charge in [0, 0.05) is 17.1 Å². The van der Waals surface area contributed by atoms with E-state index in [0.717, 1.165) is 6.20 Å². The van der Waals surface area contributed by atoms with Gasteiger partial charge < -0.3 is 5.11 Å². The summed E-state index contributed by atoms with van der Waals surface area (Å²) in [6.45, 7) is 0. The summed E-state index contributed by atoms with van der Waals surface area (Å²) in [5.74, 6) is -1.43. The van der Waals surface area contributed by atoms with Crippen LogP contribution in [0.25, 0.3) is 0 Å². The molecule has 0 fully saturated rings. The highest BCUT2D eigenvalue weighted by molar-refractivity contribution is 9.08. The second kappa shape index (κ2) is 4.85. The summed E-state index contributed by atoms with van der Waals surface area (Å²) in [7, 11) is 0. The van der Waals surface area contributed by atoms with Crippen LogP contribution in [-0.4, -0.2) is 16.1 Å². The van der Waals surface area contributed by atoms with Crippen molar-refractivity contribution >= 4 is 33.5 Å². The van der Waals surface area contributed by atoms with Crippen molar-refractivity contribution in [3.8, 4) is 0 Å². The molecule has 15 heavy (non-hydrogen) atoms. The summed E-state index contributed by atoms with van der Waals surface area (Å²) in [6.07, 6.45) is -1.75. The number of carboxylic acids is 1. The Morgan fingerprint density at radius 2 is 2.27 bits per heavy atom. The monoisotopic (exact) mass is 299 g/mol. The second-order valence-corrected chi connectivity index (χ2v) is 3.54. The Hall–Kier alpha value is -0.750. The molecule has 0 aliphatic carbocycles. The number of hydrogen-bond donors (Lipinski definition) is 1. The fraction of sp³-hybridized carbons (Fsp3) is 0.250. The minimum absolute atomic E-state index is 0.138. The topological polar surface area (TPSA) is 50.2 Å². The Balaban J connectivity index is 3.42. The number of aromatic nitrogens is 1. The van der Waals surface area contributed by atoms with Gasteiger partial charge in [-0.25, -0.2) is 18.6 Å². The first kappa shape index (κ1) is 12.3. The summed E-state index contributed by atoms with van der Waals surface area (Å²) in [4.78, 5) is 14.1. The minimum Gasteiger partial charge on any atom is -0.476 e. The van der Waals surface area contributed by atoms with E-state index in [2.05, 4.69) is 20.9 Å². The molecule has 0 amide bonds. The first-order chi connectivity index (χ1) is 6.99. The quantitative estimate of drug-likeness (QED) is 0.872. The molecule has 3 nitrogen and oxygen atoms in total. The van der Waals surface area contributed by atoms with Gasteiger partial charge in [-0.15, -0.1) is 0 Å². The molecule has 1 heterocycles. The minimum atomic E-state index is -2.83. The Bertz CT molecular complexity index is 400. The normalized spacial score (nSPS) is 10.7. The predicted molar refractivity (Wildman–Crippen MR) is 53.8 cm³/mol. The molecule has 0 atom stereocenters. The average Bonchev–Trinajstić information content (AvgIpc) is 2.15. The van der Waals surface area contributed by atoms with E-state index in [9.17, 15) is 13.6 Å². The molecule has 1 aromatic heterocycles. The molecule has 1 aromatic rings. The number of hydrogen-bond acceptors (Lipinski definition) is 2. The smallest absolute Gasteiger partial charge is 0.356 e. The van der Waals surface area contributed by atoms with Crippen LogP contribution in [0.15, 0.2) is 6.20 Å². The van der Waals surface area contributed by atoms with Crippen LogP contribution >= 0.6 is 27.5 Å². The molecule has 7 heteroatoms. The van der Waals surface area contributed by atoms with E-state index in [4.69, 9.17) is 16.7 Å². The van der Waals surface area contributed by atoms with Gasteiger partial charge in [0.05, 0.1) is 5.02 Å². The van der Waals surface area contributed by atoms with E-state index < -0.39 is 28.7 Å². The number of alkyl halides is 3. The van der Waals surface area contributed by atoms with Crippen LogP contribution in [0.2, 0.25) is 5.02 Å². The van der Waals surface area contributed by atoms with Crippen LogP contribution in [0.1, 0.15) is 28.0 Å². The van der Waals surface area contributed by atoms with E-state index in [1.54, 1.807) is 0 Å². The van der Waals surface area contributed by atoms with Crippen LogP contribution in [0.3, 0.4) is 0 Å². The van der Waals surface area contributed by atoms with Gasteiger partial charge in [-0.05, 0) is 5.56 Å². The number of halogens is 4. The standard InChI is InChI=1S/C8H5BrClF2NO2/c9-1-3-2-13-6(8(14)15)5(10)4(3)7(11)12/h2,7H,1H2,(H,14,15). The maximum atomic E-state index is 12.6. The summed E-state index contributed by atoms with van der Waals surface area (Å²) >= 11 is 8.53. The van der Waals surface area contributed by atoms with Crippen molar-refractivity contribution < 1.29 is 18.7 Å². The van der Waals surface area contributed by atoms with Gasteiger partial charge in [-0.1, -0.05) is 27.5 Å². The van der Waals surface area contributed by atoms with Crippen molar-refractivity contribution in [2.75, 3.05) is 0 Å². The van der Waals surface area contributed by atoms with Crippen molar-refractivity contribution in [2.45, 2.75) is 11.8 Å². The van der Waals surface area contributed by atoms with Gasteiger partial charge in [0.25, 0.3) is 6.43 Å². The number of nitrogens with zero attached hydrogens (tertiary/aromatic N) is 1. The van der Waals surface area contributed by atoms with Crippen molar-refractivity contribution in [3.05, 3.63) is 28.0 Å². The maximum absolute atomic E-state index is 12.6. The zero-order chi connectivity index (χ0) is 11.6. The lowest BCUT2D eigenvalue weighted by Gasteiger charge is -2.09. The van der Waals surface area contributed by atoms with E-state index in [1.807, 2.05) is 0 Å². The van der Waals surface area contributed by atoms with Crippen LogP contribution < -0.4 is 0 Å². The lowest BCUT2D eigenvalue weighted by atomic mass is 10.1. The molecule has 1 rings (SSSR count). The lowest BCUT2D eigenvalue weighted by molar-refractivity contribution is 0.0690. The maximum Gasteiger partial charge on any atom is 0.356 e. The molecule has 0 spiro atoms. The molecule has 0 aliphatic rings. The third-order valence-electron chi connectivity index (χ3n) is 1.70. The highest BCUT2D eigenvalue weighted by Crippen LogP contribution is 2.32. The summed E-state index contributed by atoms with van der Waals surface area (Å²) in [6, 6.07) is 0. The second-order valence-electron chi connectivity index (χ2n) is 2.60. The van der Waals surface area contributed by atoms with Gasteiger partial charge in [0.15, 0.2) is 5.69 Å². The average molecular weight is 300 g/mol. The molecule has 1 N–H and O–H groups in total. The van der Waals surface area contributed by atoms with Gasteiger partial charge in [-0.3, -0.25) is 0 Å². The Morgan fingerprint density at radius 3 is 2.67 bits per heavy atom. The van der Waals surface area contributed by atoms with Crippen LogP contribution in [0, 0.1) is 0 Å². The summed E-state index contributed by atoms with van der Waals surface area (Å²) in [5.41, 5.74) is -0.863. The van der Waals surface area contributed by atoms with Crippen molar-refractivity contribution in [2.24, 2.45) is 0 Å². The van der Waals surface area contributed by atoms with Gasteiger partial charge >= 0.3 is 5.97 Å². The Morgan fingerprint density at radius 1 is 1.67 bits per heavy atom. The Kier molecular flexibility index (Phi) is 3.98. The lowest BCUT2D eigenvalue weighted by Crippen LogP contribution is -2.06. The first-order valence-corrected chi connectivity index (χ1v) is 5.23. The van der Waals surface area contributed by atoms with Crippen molar-refractivity contribution in [1.82, 2.24) is 4.98 Å². The molecular weight excluding hydrogens is 295 g/mol. The third-order valence-corrected chi connectivity index (χ3v) is 2.69. The molecule has 0 saturated carbocycles. The highest BCUT2D eigenvalue weighted by Gasteiger charge is 2.23. The van der Waals surface area contributed by atoms with E-state index >= 15 is 0 Å². The molecular formula is C8H5BrClF2NO2. The third kappa shape index (κ3) is 2.43. The van der Waals surface area contributed by atoms with Crippen LogP contribution in [0.4, 0.5) is 8.78 Å². The van der Waals surface area contributed by atoms with Crippen LogP contribution in [-0.2, 0) is 5.33 Å². The fourth-order valence-corrected chi connectivity index (χ4v) is 1.81. The van der Waals surface area contributed by atoms with E-state index in [-0.39, 0.29) is 10.9 Å². The first-order valence-electron chi connectivity index (χ1n) is 3.73. The van der Waals surface area contributed by atoms with Crippen LogP contribution in [0.5, 0.6) is 0 Å². The van der Waals surface area contributed by atoms with Gasteiger partial charge in [-0.2, -0.15) is 0 Å². The Labute approximate surface area is 97.2 Å². The summed E-state index contributed by atoms with van der Waals surface area (Å²) in [5, 5.41) is 8.26. The van der Waals surface area contributed by atoms with Crippen molar-refractivity contribution in [3.63, 3.8) is 0 Å². The number of pyridine rings is 1. The molecule has 0 unspecified atom stereocenters.